The standard InChI is InChI=1S/C16H22N2O/c1-16(2)9-13-15(14(19)10-16)12(17-18-13)8-11-6-4-3-5-7-11/h3-7,12-13,15,17-18H,8-10H2,1-2H3. The Hall–Kier alpha value is -1.19. The highest BCUT2D eigenvalue weighted by atomic mass is 16.1. The van der Waals surface area contributed by atoms with E-state index in [0.717, 1.165) is 12.8 Å². The molecule has 3 unspecified atom stereocenters. The molecule has 1 aromatic rings. The van der Waals surface area contributed by atoms with Gasteiger partial charge < -0.3 is 0 Å². The number of hydrazine groups is 1. The Balaban J connectivity index is 1.74. The van der Waals surface area contributed by atoms with Gasteiger partial charge in [0.15, 0.2) is 0 Å². The summed E-state index contributed by atoms with van der Waals surface area (Å²) in [6.45, 7) is 4.38. The van der Waals surface area contributed by atoms with Crippen molar-refractivity contribution in [1.82, 2.24) is 10.9 Å². The third kappa shape index (κ3) is 2.58. The number of hydrogen-bond acceptors (Lipinski definition) is 3. The second-order valence-electron chi connectivity index (χ2n) is 6.73. The van der Waals surface area contributed by atoms with Crippen LogP contribution >= 0.6 is 0 Å². The van der Waals surface area contributed by atoms with Crippen LogP contribution in [0.2, 0.25) is 0 Å². The fraction of sp³-hybridized carbons (Fsp3) is 0.562. The quantitative estimate of drug-likeness (QED) is 0.853. The maximum absolute atomic E-state index is 12.4. The van der Waals surface area contributed by atoms with E-state index in [2.05, 4.69) is 49.0 Å². The predicted molar refractivity (Wildman–Crippen MR) is 75.5 cm³/mol. The second-order valence-corrected chi connectivity index (χ2v) is 6.73. The molecular formula is C16H22N2O. The van der Waals surface area contributed by atoms with Gasteiger partial charge in [0.05, 0.1) is 5.92 Å². The van der Waals surface area contributed by atoms with Crippen LogP contribution in [0.1, 0.15) is 32.3 Å². The van der Waals surface area contributed by atoms with Crippen LogP contribution in [0.25, 0.3) is 0 Å². The van der Waals surface area contributed by atoms with Crippen LogP contribution < -0.4 is 10.9 Å². The van der Waals surface area contributed by atoms with Crippen molar-refractivity contribution in [2.75, 3.05) is 0 Å². The van der Waals surface area contributed by atoms with Crippen molar-refractivity contribution in [3.05, 3.63) is 35.9 Å². The molecule has 1 saturated heterocycles. The Morgan fingerprint density at radius 2 is 1.95 bits per heavy atom. The normalized spacial score (nSPS) is 33.2. The number of Topliss-reactive ketones (excluding diaryl/α,β-unsaturated/α-hetero) is 1. The van der Waals surface area contributed by atoms with Gasteiger partial charge in [-0.15, -0.1) is 0 Å². The number of rotatable bonds is 2. The molecule has 0 radical (unpaired) electrons. The average Bonchev–Trinajstić information content (AvgIpc) is 2.72. The van der Waals surface area contributed by atoms with Crippen LogP contribution in [0.3, 0.4) is 0 Å². The molecule has 2 N–H and O–H groups in total. The second kappa shape index (κ2) is 4.73. The third-order valence-electron chi connectivity index (χ3n) is 4.42. The van der Waals surface area contributed by atoms with E-state index in [4.69, 9.17) is 0 Å². The zero-order chi connectivity index (χ0) is 13.5. The summed E-state index contributed by atoms with van der Waals surface area (Å²) >= 11 is 0. The lowest BCUT2D eigenvalue weighted by atomic mass is 9.68. The maximum atomic E-state index is 12.4. The largest absolute Gasteiger partial charge is 0.299 e. The van der Waals surface area contributed by atoms with Gasteiger partial charge in [-0.1, -0.05) is 44.2 Å². The summed E-state index contributed by atoms with van der Waals surface area (Å²) in [7, 11) is 0. The fourth-order valence-electron chi connectivity index (χ4n) is 3.60. The van der Waals surface area contributed by atoms with Gasteiger partial charge >= 0.3 is 0 Å². The Morgan fingerprint density at radius 1 is 1.21 bits per heavy atom. The molecular weight excluding hydrogens is 236 g/mol. The van der Waals surface area contributed by atoms with Gasteiger partial charge in [-0.25, -0.2) is 0 Å². The molecule has 102 valence electrons. The average molecular weight is 258 g/mol. The Kier molecular flexibility index (Phi) is 3.19. The molecule has 3 rings (SSSR count). The number of carbonyl (C=O) groups is 1. The predicted octanol–water partition coefficient (Wildman–Crippen LogP) is 2.08. The number of benzene rings is 1. The molecule has 3 heteroatoms. The van der Waals surface area contributed by atoms with Crippen LogP contribution in [-0.4, -0.2) is 17.9 Å². The van der Waals surface area contributed by atoms with Crippen molar-refractivity contribution < 1.29 is 4.79 Å². The van der Waals surface area contributed by atoms with Crippen molar-refractivity contribution in [1.29, 1.82) is 0 Å². The molecule has 1 saturated carbocycles. The Labute approximate surface area is 114 Å². The molecule has 0 spiro atoms. The first-order valence-electron chi connectivity index (χ1n) is 7.13. The molecule has 0 aromatic heterocycles. The number of hydrogen-bond donors (Lipinski definition) is 2. The first kappa shape index (κ1) is 12.8. The summed E-state index contributed by atoms with van der Waals surface area (Å²) in [5.41, 5.74) is 8.11. The van der Waals surface area contributed by atoms with E-state index >= 15 is 0 Å². The van der Waals surface area contributed by atoms with E-state index in [1.165, 1.54) is 5.56 Å². The third-order valence-corrected chi connectivity index (χ3v) is 4.42. The van der Waals surface area contributed by atoms with Gasteiger partial charge in [-0.3, -0.25) is 15.6 Å². The molecule has 1 aliphatic heterocycles. The van der Waals surface area contributed by atoms with Crippen molar-refractivity contribution in [3.8, 4) is 0 Å². The molecule has 1 aliphatic carbocycles. The van der Waals surface area contributed by atoms with Crippen LogP contribution in [0.15, 0.2) is 30.3 Å². The van der Waals surface area contributed by atoms with E-state index in [-0.39, 0.29) is 17.4 Å². The van der Waals surface area contributed by atoms with Gasteiger partial charge in [-0.2, -0.15) is 0 Å². The molecule has 3 nitrogen and oxygen atoms in total. The topological polar surface area (TPSA) is 41.1 Å². The van der Waals surface area contributed by atoms with Crippen molar-refractivity contribution in [2.24, 2.45) is 11.3 Å². The molecule has 0 amide bonds. The van der Waals surface area contributed by atoms with Crippen LogP contribution in [0.4, 0.5) is 0 Å². The number of ketones is 1. The molecule has 2 aliphatic rings. The van der Waals surface area contributed by atoms with Gasteiger partial charge in [-0.05, 0) is 23.8 Å². The molecule has 3 atom stereocenters. The van der Waals surface area contributed by atoms with Gasteiger partial charge in [0, 0.05) is 18.5 Å². The van der Waals surface area contributed by atoms with E-state index in [1.54, 1.807) is 0 Å². The minimum atomic E-state index is 0.133. The van der Waals surface area contributed by atoms with Gasteiger partial charge in [0.1, 0.15) is 5.78 Å². The van der Waals surface area contributed by atoms with Gasteiger partial charge in [0.25, 0.3) is 0 Å². The summed E-state index contributed by atoms with van der Waals surface area (Å²) in [5.74, 6) is 0.549. The molecule has 19 heavy (non-hydrogen) atoms. The zero-order valence-corrected chi connectivity index (χ0v) is 11.6. The lowest BCUT2D eigenvalue weighted by Gasteiger charge is -2.36. The van der Waals surface area contributed by atoms with E-state index in [9.17, 15) is 4.79 Å². The maximum Gasteiger partial charge on any atom is 0.139 e. The highest BCUT2D eigenvalue weighted by Crippen LogP contribution is 2.39. The monoisotopic (exact) mass is 258 g/mol. The SMILES string of the molecule is CC1(C)CC(=O)C2C(Cc3ccccc3)NNC2C1. The Morgan fingerprint density at radius 3 is 2.68 bits per heavy atom. The number of fused-ring (bicyclic) bond motifs is 1. The highest BCUT2D eigenvalue weighted by molar-refractivity contribution is 5.84. The van der Waals surface area contributed by atoms with Crippen molar-refractivity contribution in [3.63, 3.8) is 0 Å². The smallest absolute Gasteiger partial charge is 0.139 e. The first-order chi connectivity index (χ1) is 9.05. The lowest BCUT2D eigenvalue weighted by molar-refractivity contribution is -0.128. The van der Waals surface area contributed by atoms with Crippen LogP contribution in [0, 0.1) is 11.3 Å². The zero-order valence-electron chi connectivity index (χ0n) is 11.6. The van der Waals surface area contributed by atoms with E-state index < -0.39 is 0 Å². The fourth-order valence-corrected chi connectivity index (χ4v) is 3.60. The summed E-state index contributed by atoms with van der Waals surface area (Å²) in [6, 6.07) is 10.9. The minimum absolute atomic E-state index is 0.133. The first-order valence-corrected chi connectivity index (χ1v) is 7.13. The van der Waals surface area contributed by atoms with E-state index in [0.29, 0.717) is 18.2 Å². The highest BCUT2D eigenvalue weighted by Gasteiger charge is 2.47. The minimum Gasteiger partial charge on any atom is -0.299 e. The summed E-state index contributed by atoms with van der Waals surface area (Å²) in [5, 5.41) is 0. The van der Waals surface area contributed by atoms with E-state index in [1.807, 2.05) is 6.07 Å². The van der Waals surface area contributed by atoms with Crippen LogP contribution in [0.5, 0.6) is 0 Å². The summed E-state index contributed by atoms with van der Waals surface area (Å²) in [6.07, 6.45) is 2.70. The van der Waals surface area contributed by atoms with Gasteiger partial charge in [0.2, 0.25) is 0 Å². The lowest BCUT2D eigenvalue weighted by Crippen LogP contribution is -2.44. The van der Waals surface area contributed by atoms with Crippen molar-refractivity contribution >= 4 is 5.78 Å². The summed E-state index contributed by atoms with van der Waals surface area (Å²) in [4.78, 5) is 12.4. The molecule has 2 fully saturated rings. The molecule has 1 heterocycles. The number of carbonyl (C=O) groups excluding carboxylic acids is 1. The Bertz CT molecular complexity index is 469. The van der Waals surface area contributed by atoms with Crippen LogP contribution in [-0.2, 0) is 11.2 Å². The summed E-state index contributed by atoms with van der Waals surface area (Å²) < 4.78 is 0. The molecule has 0 bridgehead atoms. The number of nitrogens with one attached hydrogen (secondary N) is 2. The van der Waals surface area contributed by atoms with Crippen molar-refractivity contribution in [2.45, 2.75) is 45.2 Å². The molecule has 1 aromatic carbocycles.